The number of benzene rings is 1. The van der Waals surface area contributed by atoms with Crippen LogP contribution in [0.4, 0.5) is 0 Å². The molecule has 1 unspecified atom stereocenters. The standard InChI is InChI=1S/C21H29O11P/c1-6-27-33(25,28-7-2)13-26-19-17(29-14(3)22)21(5,20(31-19)30-15(4)23)32-18(24)16-11-9-8-10-12-16/h8-12,17,19-20H,6-7,13H2,1-5H3/t17-,19-,20-,21?/m0/s1. The maximum atomic E-state index is 12.8. The van der Waals surface area contributed by atoms with E-state index in [1.807, 2.05) is 0 Å². The van der Waals surface area contributed by atoms with Gasteiger partial charge in [0.05, 0.1) is 18.8 Å². The monoisotopic (exact) mass is 488 g/mol. The van der Waals surface area contributed by atoms with Crippen LogP contribution in [0.3, 0.4) is 0 Å². The van der Waals surface area contributed by atoms with Gasteiger partial charge in [0.2, 0.25) is 18.2 Å². The Hall–Kier alpha value is -2.30. The zero-order valence-electron chi connectivity index (χ0n) is 19.2. The number of esters is 3. The summed E-state index contributed by atoms with van der Waals surface area (Å²) in [6, 6.07) is 8.05. The molecule has 4 atom stereocenters. The van der Waals surface area contributed by atoms with E-state index in [1.54, 1.807) is 32.0 Å². The van der Waals surface area contributed by atoms with E-state index in [1.165, 1.54) is 19.1 Å². The molecule has 33 heavy (non-hydrogen) atoms. The van der Waals surface area contributed by atoms with Gasteiger partial charge in [-0.15, -0.1) is 0 Å². The average molecular weight is 488 g/mol. The zero-order chi connectivity index (χ0) is 24.6. The first-order valence-electron chi connectivity index (χ1n) is 10.3. The Morgan fingerprint density at radius 2 is 1.58 bits per heavy atom. The van der Waals surface area contributed by atoms with Gasteiger partial charge in [0.1, 0.15) is 0 Å². The molecule has 1 aliphatic rings. The normalized spacial score (nSPS) is 24.8. The first-order chi connectivity index (χ1) is 15.5. The Bertz CT molecular complexity index is 864. The fourth-order valence-electron chi connectivity index (χ4n) is 3.12. The lowest BCUT2D eigenvalue weighted by molar-refractivity contribution is -0.226. The molecule has 0 saturated carbocycles. The number of carbonyl (C=O) groups is 3. The topological polar surface area (TPSA) is 133 Å². The summed E-state index contributed by atoms with van der Waals surface area (Å²) >= 11 is 0. The Morgan fingerprint density at radius 3 is 2.09 bits per heavy atom. The SMILES string of the molecule is CCOP(=O)(CO[C@H]1O[C@H](OC(C)=O)C(C)(OC(=O)c2ccccc2)[C@H]1OC(C)=O)OCC. The molecule has 0 aromatic heterocycles. The molecule has 0 radical (unpaired) electrons. The van der Waals surface area contributed by atoms with Gasteiger partial charge in [-0.1, -0.05) is 18.2 Å². The predicted molar refractivity (Wildman–Crippen MR) is 113 cm³/mol. The highest BCUT2D eigenvalue weighted by molar-refractivity contribution is 7.53. The minimum Gasteiger partial charge on any atom is -0.453 e. The largest absolute Gasteiger partial charge is 0.453 e. The van der Waals surface area contributed by atoms with Gasteiger partial charge in [-0.3, -0.25) is 14.2 Å². The second-order valence-electron chi connectivity index (χ2n) is 7.16. The Morgan fingerprint density at radius 1 is 1.00 bits per heavy atom. The van der Waals surface area contributed by atoms with Gasteiger partial charge in [-0.05, 0) is 32.9 Å². The van der Waals surface area contributed by atoms with E-state index in [0.29, 0.717) is 0 Å². The maximum absolute atomic E-state index is 12.8. The quantitative estimate of drug-likeness (QED) is 0.258. The Kier molecular flexibility index (Phi) is 9.57. The second kappa shape index (κ2) is 11.7. The third-order valence-corrected chi connectivity index (χ3v) is 6.24. The molecule has 11 nitrogen and oxygen atoms in total. The average Bonchev–Trinajstić information content (AvgIpc) is 2.98. The molecule has 0 aliphatic carbocycles. The van der Waals surface area contributed by atoms with Gasteiger partial charge in [0, 0.05) is 13.8 Å². The van der Waals surface area contributed by atoms with Gasteiger partial charge in [0.15, 0.2) is 12.5 Å². The van der Waals surface area contributed by atoms with Crippen LogP contribution in [0.2, 0.25) is 0 Å². The minimum absolute atomic E-state index is 0.0992. The van der Waals surface area contributed by atoms with Crippen molar-refractivity contribution in [1.82, 2.24) is 0 Å². The number of rotatable bonds is 11. The van der Waals surface area contributed by atoms with Gasteiger partial charge < -0.3 is 32.7 Å². The van der Waals surface area contributed by atoms with E-state index >= 15 is 0 Å². The lowest BCUT2D eigenvalue weighted by atomic mass is 9.99. The van der Waals surface area contributed by atoms with Crippen LogP contribution in [0.1, 0.15) is 45.0 Å². The van der Waals surface area contributed by atoms with Crippen molar-refractivity contribution < 1.29 is 51.7 Å². The van der Waals surface area contributed by atoms with Crippen molar-refractivity contribution in [1.29, 1.82) is 0 Å². The smallest absolute Gasteiger partial charge is 0.356 e. The third kappa shape index (κ3) is 7.09. The lowest BCUT2D eigenvalue weighted by Crippen LogP contribution is -2.52. The van der Waals surface area contributed by atoms with Crippen molar-refractivity contribution >= 4 is 25.5 Å². The molecule has 1 heterocycles. The van der Waals surface area contributed by atoms with Crippen molar-refractivity contribution in [2.75, 3.05) is 19.6 Å². The molecule has 0 N–H and O–H groups in total. The van der Waals surface area contributed by atoms with Gasteiger partial charge >= 0.3 is 25.5 Å². The highest BCUT2D eigenvalue weighted by atomic mass is 31.2. The van der Waals surface area contributed by atoms with Crippen molar-refractivity contribution in [3.05, 3.63) is 35.9 Å². The number of hydrogen-bond acceptors (Lipinski definition) is 11. The van der Waals surface area contributed by atoms with Gasteiger partial charge in [-0.25, -0.2) is 4.79 Å². The molecular formula is C21H29O11P. The maximum Gasteiger partial charge on any atom is 0.356 e. The summed E-state index contributed by atoms with van der Waals surface area (Å²) < 4.78 is 50.5. The van der Waals surface area contributed by atoms with Crippen LogP contribution >= 0.6 is 7.60 Å². The van der Waals surface area contributed by atoms with Crippen molar-refractivity contribution in [2.45, 2.75) is 58.9 Å². The summed E-state index contributed by atoms with van der Waals surface area (Å²) in [7, 11) is -3.66. The molecule has 12 heteroatoms. The van der Waals surface area contributed by atoms with Crippen LogP contribution < -0.4 is 0 Å². The number of hydrogen-bond donors (Lipinski definition) is 0. The number of carbonyl (C=O) groups excluding carboxylic acids is 3. The van der Waals surface area contributed by atoms with Crippen molar-refractivity contribution in [3.63, 3.8) is 0 Å². The summed E-state index contributed by atoms with van der Waals surface area (Å²) in [6.07, 6.45) is -4.83. The van der Waals surface area contributed by atoms with Gasteiger partial charge in [0.25, 0.3) is 0 Å². The first kappa shape index (κ1) is 26.9. The zero-order valence-corrected chi connectivity index (χ0v) is 20.1. The lowest BCUT2D eigenvalue weighted by Gasteiger charge is -2.33. The summed E-state index contributed by atoms with van der Waals surface area (Å²) in [4.78, 5) is 36.3. The van der Waals surface area contributed by atoms with Crippen LogP contribution in [0, 0.1) is 0 Å². The molecule has 184 valence electrons. The third-order valence-electron chi connectivity index (χ3n) is 4.47. The molecule has 1 aromatic rings. The molecule has 1 aromatic carbocycles. The van der Waals surface area contributed by atoms with Crippen molar-refractivity contribution in [2.24, 2.45) is 0 Å². The van der Waals surface area contributed by atoms with E-state index in [9.17, 15) is 18.9 Å². The van der Waals surface area contributed by atoms with E-state index in [4.69, 9.17) is 32.7 Å². The molecule has 0 spiro atoms. The molecule has 1 saturated heterocycles. The minimum atomic E-state index is -3.66. The predicted octanol–water partition coefficient (Wildman–Crippen LogP) is 3.02. The molecule has 0 amide bonds. The van der Waals surface area contributed by atoms with Gasteiger partial charge in [-0.2, -0.15) is 0 Å². The summed E-state index contributed by atoms with van der Waals surface area (Å²) in [5, 5.41) is 0. The van der Waals surface area contributed by atoms with E-state index in [0.717, 1.165) is 13.8 Å². The van der Waals surface area contributed by atoms with E-state index in [-0.39, 0.29) is 18.8 Å². The summed E-state index contributed by atoms with van der Waals surface area (Å²) in [6.45, 7) is 7.12. The molecular weight excluding hydrogens is 459 g/mol. The fraction of sp³-hybridized carbons (Fsp3) is 0.571. The summed E-state index contributed by atoms with van der Waals surface area (Å²) in [5.74, 6) is -2.25. The highest BCUT2D eigenvalue weighted by Gasteiger charge is 2.62. The van der Waals surface area contributed by atoms with Crippen LogP contribution in [-0.4, -0.2) is 61.8 Å². The molecule has 0 bridgehead atoms. The van der Waals surface area contributed by atoms with Crippen molar-refractivity contribution in [3.8, 4) is 0 Å². The number of ether oxygens (including phenoxy) is 5. The first-order valence-corrected chi connectivity index (χ1v) is 12.1. The Labute approximate surface area is 192 Å². The highest BCUT2D eigenvalue weighted by Crippen LogP contribution is 2.49. The van der Waals surface area contributed by atoms with Crippen LogP contribution in [0.15, 0.2) is 30.3 Å². The van der Waals surface area contributed by atoms with E-state index in [2.05, 4.69) is 0 Å². The molecule has 1 fully saturated rings. The molecule has 2 rings (SSSR count). The van der Waals surface area contributed by atoms with Crippen LogP contribution in [0.5, 0.6) is 0 Å². The summed E-state index contributed by atoms with van der Waals surface area (Å²) in [5.41, 5.74) is -1.58. The van der Waals surface area contributed by atoms with Crippen LogP contribution in [-0.2, 0) is 46.9 Å². The Balaban J connectivity index is 2.35. The van der Waals surface area contributed by atoms with E-state index < -0.39 is 56.1 Å². The van der Waals surface area contributed by atoms with Crippen LogP contribution in [0.25, 0.3) is 0 Å². The fourth-order valence-corrected chi connectivity index (χ4v) is 4.46. The second-order valence-corrected chi connectivity index (χ2v) is 9.15. The molecule has 1 aliphatic heterocycles.